The number of aryl methyl sites for hydroxylation is 1. The maximum Gasteiger partial charge on any atom is 0.253 e. The molecule has 6 nitrogen and oxygen atoms in total. The van der Waals surface area contributed by atoms with Crippen molar-refractivity contribution in [2.75, 3.05) is 13.1 Å². The number of imidazole rings is 1. The van der Waals surface area contributed by atoms with Crippen LogP contribution in [0.1, 0.15) is 40.5 Å². The van der Waals surface area contributed by atoms with Crippen LogP contribution < -0.4 is 0 Å². The minimum absolute atomic E-state index is 0.0605. The number of rotatable bonds is 3. The largest absolute Gasteiger partial charge is 0.341 e. The lowest BCUT2D eigenvalue weighted by molar-refractivity contribution is 0.0705. The lowest BCUT2D eigenvalue weighted by Gasteiger charge is -2.33. The van der Waals surface area contributed by atoms with Gasteiger partial charge in [0, 0.05) is 48.9 Å². The number of likely N-dealkylation sites (tertiary alicyclic amines) is 1. The second kappa shape index (κ2) is 7.26. The van der Waals surface area contributed by atoms with Crippen LogP contribution in [0.15, 0.2) is 42.9 Å². The van der Waals surface area contributed by atoms with Crippen LogP contribution in [0.5, 0.6) is 0 Å². The molecule has 7 heteroatoms. The molecule has 138 valence electrons. The van der Waals surface area contributed by atoms with E-state index in [2.05, 4.69) is 19.9 Å². The number of amides is 1. The van der Waals surface area contributed by atoms with Crippen molar-refractivity contribution in [2.45, 2.75) is 25.7 Å². The zero-order valence-electron chi connectivity index (χ0n) is 15.0. The Labute approximate surface area is 156 Å². The number of nitrogens with zero attached hydrogens (tertiary/aromatic N) is 4. The van der Waals surface area contributed by atoms with Crippen LogP contribution in [0.4, 0.5) is 4.39 Å². The fourth-order valence-corrected chi connectivity index (χ4v) is 3.55. The van der Waals surface area contributed by atoms with Crippen LogP contribution in [0.3, 0.4) is 0 Å². The highest BCUT2D eigenvalue weighted by Gasteiger charge is 2.29. The fraction of sp³-hybridized carbons (Fsp3) is 0.300. The molecule has 0 unspecified atom stereocenters. The number of hydrogen-bond acceptors (Lipinski definition) is 4. The van der Waals surface area contributed by atoms with Gasteiger partial charge in [-0.05, 0) is 38.0 Å². The SMILES string of the molecule is Cc1cnc(-c2nccnc2[C@H]2CCCN(C(=O)c3cccc(F)c3)C2)[nH]1. The number of carbonyl (C=O) groups is 1. The first-order valence-electron chi connectivity index (χ1n) is 8.99. The van der Waals surface area contributed by atoms with E-state index < -0.39 is 5.82 Å². The number of piperidine rings is 1. The smallest absolute Gasteiger partial charge is 0.253 e. The Bertz CT molecular complexity index is 970. The zero-order chi connectivity index (χ0) is 18.8. The van der Waals surface area contributed by atoms with E-state index in [1.165, 1.54) is 12.1 Å². The van der Waals surface area contributed by atoms with Crippen molar-refractivity contribution in [3.63, 3.8) is 0 Å². The molecule has 1 saturated heterocycles. The van der Waals surface area contributed by atoms with Crippen molar-refractivity contribution in [1.29, 1.82) is 0 Å². The Hall–Kier alpha value is -3.09. The summed E-state index contributed by atoms with van der Waals surface area (Å²) >= 11 is 0. The molecule has 27 heavy (non-hydrogen) atoms. The second-order valence-corrected chi connectivity index (χ2v) is 6.81. The average molecular weight is 365 g/mol. The molecule has 0 spiro atoms. The number of halogens is 1. The zero-order valence-corrected chi connectivity index (χ0v) is 15.0. The lowest BCUT2D eigenvalue weighted by atomic mass is 9.92. The molecule has 2 aromatic heterocycles. The molecular weight excluding hydrogens is 345 g/mol. The molecule has 3 aromatic rings. The first kappa shape index (κ1) is 17.3. The van der Waals surface area contributed by atoms with Gasteiger partial charge in [-0.3, -0.25) is 9.78 Å². The first-order valence-corrected chi connectivity index (χ1v) is 8.99. The topological polar surface area (TPSA) is 74.8 Å². The summed E-state index contributed by atoms with van der Waals surface area (Å²) in [5.74, 6) is 0.187. The van der Waals surface area contributed by atoms with Gasteiger partial charge in [-0.1, -0.05) is 6.07 Å². The molecule has 1 amide bonds. The van der Waals surface area contributed by atoms with Crippen LogP contribution in [0.25, 0.3) is 11.5 Å². The number of aromatic nitrogens is 4. The highest BCUT2D eigenvalue weighted by atomic mass is 19.1. The van der Waals surface area contributed by atoms with Gasteiger partial charge >= 0.3 is 0 Å². The van der Waals surface area contributed by atoms with Crippen LogP contribution in [0, 0.1) is 12.7 Å². The third-order valence-corrected chi connectivity index (χ3v) is 4.82. The van der Waals surface area contributed by atoms with E-state index in [1.54, 1.807) is 35.6 Å². The summed E-state index contributed by atoms with van der Waals surface area (Å²) in [6.45, 7) is 3.12. The van der Waals surface area contributed by atoms with Gasteiger partial charge in [0.25, 0.3) is 5.91 Å². The molecule has 3 heterocycles. The summed E-state index contributed by atoms with van der Waals surface area (Å²) in [5, 5.41) is 0. The maximum absolute atomic E-state index is 13.5. The van der Waals surface area contributed by atoms with Gasteiger partial charge in [-0.2, -0.15) is 0 Å². The highest BCUT2D eigenvalue weighted by Crippen LogP contribution is 2.31. The third kappa shape index (κ3) is 3.58. The van der Waals surface area contributed by atoms with Gasteiger partial charge in [0.1, 0.15) is 11.5 Å². The molecule has 1 atom stereocenters. The molecule has 4 rings (SSSR count). The Morgan fingerprint density at radius 3 is 2.89 bits per heavy atom. The van der Waals surface area contributed by atoms with E-state index in [1.807, 2.05) is 6.92 Å². The number of H-pyrrole nitrogens is 1. The molecule has 1 fully saturated rings. The predicted octanol–water partition coefficient (Wildman–Crippen LogP) is 3.33. The number of benzene rings is 1. The van der Waals surface area contributed by atoms with Gasteiger partial charge in [0.05, 0.1) is 5.69 Å². The molecule has 0 aliphatic carbocycles. The number of aromatic amines is 1. The quantitative estimate of drug-likeness (QED) is 0.772. The molecule has 1 aromatic carbocycles. The molecule has 1 N–H and O–H groups in total. The van der Waals surface area contributed by atoms with Crippen molar-refractivity contribution in [2.24, 2.45) is 0 Å². The van der Waals surface area contributed by atoms with Crippen molar-refractivity contribution < 1.29 is 9.18 Å². The molecule has 0 bridgehead atoms. The molecule has 1 aliphatic rings. The normalized spacial score (nSPS) is 17.1. The summed E-state index contributed by atoms with van der Waals surface area (Å²) in [5.41, 5.74) is 2.88. The number of nitrogens with one attached hydrogen (secondary N) is 1. The average Bonchev–Trinajstić information content (AvgIpc) is 3.14. The summed E-state index contributed by atoms with van der Waals surface area (Å²) in [7, 11) is 0. The van der Waals surface area contributed by atoms with Gasteiger partial charge in [-0.25, -0.2) is 14.4 Å². The molecule has 0 radical (unpaired) electrons. The van der Waals surface area contributed by atoms with Gasteiger partial charge in [0.2, 0.25) is 0 Å². The summed E-state index contributed by atoms with van der Waals surface area (Å²) in [4.78, 5) is 31.2. The minimum Gasteiger partial charge on any atom is -0.341 e. The van der Waals surface area contributed by atoms with Crippen molar-refractivity contribution >= 4 is 5.91 Å². The number of hydrogen-bond donors (Lipinski definition) is 1. The van der Waals surface area contributed by atoms with E-state index >= 15 is 0 Å². The fourth-order valence-electron chi connectivity index (χ4n) is 3.55. The van der Waals surface area contributed by atoms with E-state index in [0.717, 1.165) is 29.9 Å². The van der Waals surface area contributed by atoms with Crippen LogP contribution >= 0.6 is 0 Å². The van der Waals surface area contributed by atoms with Crippen molar-refractivity contribution in [1.82, 2.24) is 24.8 Å². The Morgan fingerprint density at radius 1 is 1.26 bits per heavy atom. The molecular formula is C20H20FN5O. The monoisotopic (exact) mass is 365 g/mol. The van der Waals surface area contributed by atoms with E-state index in [0.29, 0.717) is 24.5 Å². The van der Waals surface area contributed by atoms with Gasteiger partial charge in [0.15, 0.2) is 5.82 Å². The first-order chi connectivity index (χ1) is 13.1. The van der Waals surface area contributed by atoms with E-state index in [9.17, 15) is 9.18 Å². The maximum atomic E-state index is 13.5. The summed E-state index contributed by atoms with van der Waals surface area (Å²) in [6.07, 6.45) is 6.85. The predicted molar refractivity (Wildman–Crippen MR) is 98.6 cm³/mol. The molecule has 0 saturated carbocycles. The standard InChI is InChI=1S/C20H20FN5O/c1-13-11-24-19(25-13)18-17(22-7-8-23-18)15-5-3-9-26(12-15)20(27)14-4-2-6-16(21)10-14/h2,4,6-8,10-11,15H,3,5,9,12H2,1H3,(H,24,25)/t15-/m0/s1. The summed E-state index contributed by atoms with van der Waals surface area (Å²) in [6, 6.07) is 5.83. The van der Waals surface area contributed by atoms with Crippen LogP contribution in [0.2, 0.25) is 0 Å². The highest BCUT2D eigenvalue weighted by molar-refractivity contribution is 5.94. The van der Waals surface area contributed by atoms with Gasteiger partial charge < -0.3 is 9.88 Å². The Balaban J connectivity index is 1.60. The second-order valence-electron chi connectivity index (χ2n) is 6.81. The van der Waals surface area contributed by atoms with Crippen LogP contribution in [-0.2, 0) is 0 Å². The summed E-state index contributed by atoms with van der Waals surface area (Å²) < 4.78 is 13.5. The van der Waals surface area contributed by atoms with E-state index in [-0.39, 0.29) is 11.8 Å². The van der Waals surface area contributed by atoms with Crippen molar-refractivity contribution in [3.8, 4) is 11.5 Å². The van der Waals surface area contributed by atoms with E-state index in [4.69, 9.17) is 0 Å². The Morgan fingerprint density at radius 2 is 2.11 bits per heavy atom. The molecule has 1 aliphatic heterocycles. The van der Waals surface area contributed by atoms with Gasteiger partial charge in [-0.15, -0.1) is 0 Å². The van der Waals surface area contributed by atoms with Crippen molar-refractivity contribution in [3.05, 3.63) is 65.6 Å². The minimum atomic E-state index is -0.404. The van der Waals surface area contributed by atoms with Crippen LogP contribution in [-0.4, -0.2) is 43.8 Å². The number of carbonyl (C=O) groups excluding carboxylic acids is 1. The lowest BCUT2D eigenvalue weighted by Crippen LogP contribution is -2.39. The Kier molecular flexibility index (Phi) is 4.66. The third-order valence-electron chi connectivity index (χ3n) is 4.82.